The van der Waals surface area contributed by atoms with Gasteiger partial charge in [-0.3, -0.25) is 4.79 Å². The molecule has 0 aromatic carbocycles. The molecule has 5 nitrogen and oxygen atoms in total. The molecule has 0 rings (SSSR count). The van der Waals surface area contributed by atoms with Crippen LogP contribution in [-0.4, -0.2) is 5.97 Å². The van der Waals surface area contributed by atoms with Crippen molar-refractivity contribution in [3.63, 3.8) is 0 Å². The number of carbonyl (C=O) groups is 1. The Labute approximate surface area is 58.2 Å². The lowest BCUT2D eigenvalue weighted by atomic mass is 10.4. The van der Waals surface area contributed by atoms with Gasteiger partial charge in [0.2, 0.25) is 0 Å². The van der Waals surface area contributed by atoms with E-state index in [-0.39, 0.29) is 6.42 Å². The molecule has 6 heteroatoms. The quantitative estimate of drug-likeness (QED) is 0.510. The van der Waals surface area contributed by atoms with Gasteiger partial charge in [-0.25, -0.2) is 0 Å². The van der Waals surface area contributed by atoms with Crippen LogP contribution in [0.2, 0.25) is 0 Å². The average molecular weight is 166 g/mol. The molecule has 0 N–H and O–H groups in total. The molecule has 0 fully saturated rings. The highest BCUT2D eigenvalue weighted by Crippen LogP contribution is 2.25. The molecule has 0 spiro atoms. The highest BCUT2D eigenvalue weighted by atomic mass is 31.2. The summed E-state index contributed by atoms with van der Waals surface area (Å²) < 4.78 is 13.2. The second-order valence-corrected chi connectivity index (χ2v) is 2.74. The van der Waals surface area contributed by atoms with E-state index in [4.69, 9.17) is 0 Å². The first kappa shape index (κ1) is 9.62. The molecule has 0 unspecified atom stereocenters. The zero-order valence-corrected chi connectivity index (χ0v) is 6.30. The van der Waals surface area contributed by atoms with Gasteiger partial charge in [0.25, 0.3) is 0 Å². The standard InChI is InChI=1S/C4H9O5P/c1-2-3-4(5)9-10(6,7)8/h2-3H2,1H3,(H2,6,7,8)/p-2. The summed E-state index contributed by atoms with van der Waals surface area (Å²) in [6.07, 6.45) is 0.410. The van der Waals surface area contributed by atoms with Crippen molar-refractivity contribution < 1.29 is 23.7 Å². The Morgan fingerprint density at radius 1 is 1.60 bits per heavy atom. The van der Waals surface area contributed by atoms with Gasteiger partial charge in [-0.1, -0.05) is 6.92 Å². The average Bonchev–Trinajstić information content (AvgIpc) is 1.59. The van der Waals surface area contributed by atoms with Crippen LogP contribution < -0.4 is 9.79 Å². The number of phosphoric acid groups is 1. The van der Waals surface area contributed by atoms with E-state index in [2.05, 4.69) is 4.52 Å². The monoisotopic (exact) mass is 166 g/mol. The first-order valence-corrected chi connectivity index (χ1v) is 4.16. The molecule has 0 heterocycles. The van der Waals surface area contributed by atoms with Gasteiger partial charge >= 0.3 is 5.97 Å². The fourth-order valence-electron chi connectivity index (χ4n) is 0.374. The van der Waals surface area contributed by atoms with E-state index in [1.807, 2.05) is 0 Å². The number of hydrogen-bond acceptors (Lipinski definition) is 5. The summed E-state index contributed by atoms with van der Waals surface area (Å²) in [7, 11) is -5.10. The SMILES string of the molecule is CCCC(=O)OP(=O)([O-])[O-]. The zero-order chi connectivity index (χ0) is 8.20. The van der Waals surface area contributed by atoms with Gasteiger partial charge in [-0.2, -0.15) is 0 Å². The summed E-state index contributed by atoms with van der Waals surface area (Å²) >= 11 is 0. The summed E-state index contributed by atoms with van der Waals surface area (Å²) in [6.45, 7) is 1.67. The Bertz CT molecular complexity index is 159. The largest absolute Gasteiger partial charge is 0.780 e. The lowest BCUT2D eigenvalue weighted by molar-refractivity contribution is -0.337. The molecule has 0 aromatic heterocycles. The lowest BCUT2D eigenvalue weighted by Crippen LogP contribution is -2.19. The summed E-state index contributed by atoms with van der Waals surface area (Å²) in [4.78, 5) is 29.8. The molecule has 60 valence electrons. The fourth-order valence-corrected chi connectivity index (χ4v) is 0.715. The molecular weight excluding hydrogens is 159 g/mol. The molecule has 0 atom stereocenters. The molecule has 0 aromatic rings. The Morgan fingerprint density at radius 3 is 2.40 bits per heavy atom. The third-order valence-electron chi connectivity index (χ3n) is 0.668. The molecule has 0 aliphatic heterocycles. The van der Waals surface area contributed by atoms with Gasteiger partial charge in [-0.05, 0) is 6.42 Å². The zero-order valence-electron chi connectivity index (χ0n) is 5.40. The molecule has 0 aliphatic rings. The van der Waals surface area contributed by atoms with Crippen molar-refractivity contribution in [2.45, 2.75) is 19.8 Å². The van der Waals surface area contributed by atoms with Gasteiger partial charge in [0.15, 0.2) is 0 Å². The van der Waals surface area contributed by atoms with Crippen LogP contribution in [0.25, 0.3) is 0 Å². The van der Waals surface area contributed by atoms with E-state index in [0.717, 1.165) is 0 Å². The lowest BCUT2D eigenvalue weighted by Gasteiger charge is -2.27. The Kier molecular flexibility index (Phi) is 3.57. The smallest absolute Gasteiger partial charge is 0.309 e. The summed E-state index contributed by atoms with van der Waals surface area (Å²) in [5.74, 6) is -0.990. The summed E-state index contributed by atoms with van der Waals surface area (Å²) in [5, 5.41) is 0. The van der Waals surface area contributed by atoms with E-state index in [1.54, 1.807) is 6.92 Å². The maximum Gasteiger partial charge on any atom is 0.309 e. The minimum Gasteiger partial charge on any atom is -0.780 e. The Morgan fingerprint density at radius 2 is 2.10 bits per heavy atom. The number of rotatable bonds is 3. The van der Waals surface area contributed by atoms with Gasteiger partial charge in [0.1, 0.15) is 7.82 Å². The molecule has 0 saturated heterocycles. The molecule has 0 amide bonds. The van der Waals surface area contributed by atoms with Crippen molar-refractivity contribution >= 4 is 13.8 Å². The van der Waals surface area contributed by atoms with Crippen LogP contribution >= 0.6 is 7.82 Å². The predicted octanol–water partition coefficient (Wildman–Crippen LogP) is -0.842. The van der Waals surface area contributed by atoms with Crippen LogP contribution in [-0.2, 0) is 13.9 Å². The molecule has 0 radical (unpaired) electrons. The van der Waals surface area contributed by atoms with E-state index in [9.17, 15) is 19.1 Å². The number of phosphoric ester groups is 1. The van der Waals surface area contributed by atoms with Gasteiger partial charge in [0.05, 0.1) is 0 Å². The predicted molar refractivity (Wildman–Crippen MR) is 28.6 cm³/mol. The van der Waals surface area contributed by atoms with Gasteiger partial charge in [-0.15, -0.1) is 0 Å². The summed E-state index contributed by atoms with van der Waals surface area (Å²) in [6, 6.07) is 0. The van der Waals surface area contributed by atoms with Crippen LogP contribution in [0.1, 0.15) is 19.8 Å². The van der Waals surface area contributed by atoms with Crippen molar-refractivity contribution in [2.24, 2.45) is 0 Å². The number of carbonyl (C=O) groups excluding carboxylic acids is 1. The summed E-state index contributed by atoms with van der Waals surface area (Å²) in [5.41, 5.74) is 0. The minimum atomic E-state index is -5.10. The van der Waals surface area contributed by atoms with Crippen molar-refractivity contribution in [2.75, 3.05) is 0 Å². The third-order valence-corrected chi connectivity index (χ3v) is 1.09. The normalized spacial score (nSPS) is 11.1. The van der Waals surface area contributed by atoms with Crippen LogP contribution in [0.4, 0.5) is 0 Å². The van der Waals surface area contributed by atoms with Crippen molar-refractivity contribution in [3.05, 3.63) is 0 Å². The van der Waals surface area contributed by atoms with Crippen LogP contribution in [0.3, 0.4) is 0 Å². The van der Waals surface area contributed by atoms with Crippen molar-refractivity contribution in [1.29, 1.82) is 0 Å². The topological polar surface area (TPSA) is 89.5 Å². The second-order valence-electron chi connectivity index (χ2n) is 1.66. The number of hydrogen-bond donors (Lipinski definition) is 0. The highest BCUT2D eigenvalue weighted by molar-refractivity contribution is 7.43. The van der Waals surface area contributed by atoms with Crippen molar-refractivity contribution in [1.82, 2.24) is 0 Å². The van der Waals surface area contributed by atoms with E-state index >= 15 is 0 Å². The van der Waals surface area contributed by atoms with Crippen molar-refractivity contribution in [3.8, 4) is 0 Å². The first-order chi connectivity index (χ1) is 4.45. The van der Waals surface area contributed by atoms with Gasteiger partial charge < -0.3 is 18.9 Å². The van der Waals surface area contributed by atoms with E-state index < -0.39 is 13.8 Å². The second kappa shape index (κ2) is 3.71. The fraction of sp³-hybridized carbons (Fsp3) is 0.750. The van der Waals surface area contributed by atoms with Crippen LogP contribution in [0.15, 0.2) is 0 Å². The Hall–Kier alpha value is -0.380. The molecule has 0 saturated carbocycles. The molecular formula is C4H7O5P-2. The Balaban J connectivity index is 3.70. The van der Waals surface area contributed by atoms with E-state index in [0.29, 0.717) is 6.42 Å². The minimum absolute atomic E-state index is 0.0472. The van der Waals surface area contributed by atoms with Gasteiger partial charge in [0, 0.05) is 6.42 Å². The molecule has 0 aliphatic carbocycles. The first-order valence-electron chi connectivity index (χ1n) is 2.70. The molecule has 10 heavy (non-hydrogen) atoms. The molecule has 0 bridgehead atoms. The van der Waals surface area contributed by atoms with Crippen LogP contribution in [0, 0.1) is 0 Å². The van der Waals surface area contributed by atoms with Crippen LogP contribution in [0.5, 0.6) is 0 Å². The maximum atomic E-state index is 10.3. The highest BCUT2D eigenvalue weighted by Gasteiger charge is 2.01. The third kappa shape index (κ3) is 5.75. The van der Waals surface area contributed by atoms with E-state index in [1.165, 1.54) is 0 Å². The maximum absolute atomic E-state index is 10.3.